The van der Waals surface area contributed by atoms with Gasteiger partial charge in [0.25, 0.3) is 0 Å². The van der Waals surface area contributed by atoms with E-state index in [2.05, 4.69) is 5.32 Å². The van der Waals surface area contributed by atoms with Crippen LogP contribution in [-0.4, -0.2) is 17.9 Å². The molecule has 1 heterocycles. The highest BCUT2D eigenvalue weighted by Crippen LogP contribution is 2.32. The van der Waals surface area contributed by atoms with Crippen LogP contribution in [0.25, 0.3) is 0 Å². The molecule has 1 N–H and O–H groups in total. The number of rotatable bonds is 4. The maximum Gasteiger partial charge on any atom is 0.236 e. The van der Waals surface area contributed by atoms with E-state index in [1.807, 2.05) is 49.4 Å². The summed E-state index contributed by atoms with van der Waals surface area (Å²) in [6, 6.07) is 15.2. The first-order chi connectivity index (χ1) is 11.6. The highest BCUT2D eigenvalue weighted by atomic mass is 35.5. The molecule has 2 aromatic carbocycles. The molecule has 2 aromatic rings. The molecule has 0 saturated carbocycles. The maximum absolute atomic E-state index is 12.5. The number of fused-ring (bicyclic) bond motifs is 1. The van der Waals surface area contributed by atoms with Crippen molar-refractivity contribution >= 4 is 29.1 Å². The first-order valence-corrected chi connectivity index (χ1v) is 8.34. The molecule has 1 aliphatic rings. The van der Waals surface area contributed by atoms with Crippen LogP contribution in [0, 0.1) is 0 Å². The van der Waals surface area contributed by atoms with Crippen LogP contribution in [0.4, 0.5) is 5.69 Å². The molecule has 124 valence electrons. The fourth-order valence-electron chi connectivity index (χ4n) is 3.07. The number of nitrogens with one attached hydrogen (secondary N) is 1. The van der Waals surface area contributed by atoms with Gasteiger partial charge >= 0.3 is 0 Å². The van der Waals surface area contributed by atoms with Crippen LogP contribution in [0.5, 0.6) is 0 Å². The number of nitrogens with zero attached hydrogens (tertiary/aromatic N) is 1. The molecule has 5 heteroatoms. The van der Waals surface area contributed by atoms with Gasteiger partial charge in [-0.3, -0.25) is 9.59 Å². The number of amides is 2. The van der Waals surface area contributed by atoms with Crippen LogP contribution >= 0.6 is 11.6 Å². The van der Waals surface area contributed by atoms with Crippen molar-refractivity contribution in [3.8, 4) is 0 Å². The largest absolute Gasteiger partial charge is 0.352 e. The fourth-order valence-corrected chi connectivity index (χ4v) is 3.27. The second-order valence-electron chi connectivity index (χ2n) is 5.99. The number of hydrogen-bond donors (Lipinski definition) is 1. The predicted octanol–water partition coefficient (Wildman–Crippen LogP) is 3.32. The first-order valence-electron chi connectivity index (χ1n) is 7.96. The Bertz CT molecular complexity index is 775. The molecule has 1 atom stereocenters. The van der Waals surface area contributed by atoms with Crippen molar-refractivity contribution in [3.63, 3.8) is 0 Å². The van der Waals surface area contributed by atoms with Gasteiger partial charge in [0.2, 0.25) is 11.8 Å². The zero-order chi connectivity index (χ0) is 17.1. The third-order valence-electron chi connectivity index (χ3n) is 4.22. The maximum atomic E-state index is 12.5. The Morgan fingerprint density at radius 3 is 2.67 bits per heavy atom. The number of carbonyl (C=O) groups is 2. The van der Waals surface area contributed by atoms with Crippen molar-refractivity contribution in [2.45, 2.75) is 32.4 Å². The van der Waals surface area contributed by atoms with Crippen LogP contribution in [0.15, 0.2) is 48.5 Å². The molecule has 0 saturated heterocycles. The zero-order valence-corrected chi connectivity index (χ0v) is 14.2. The van der Waals surface area contributed by atoms with Gasteiger partial charge in [-0.1, -0.05) is 48.0 Å². The van der Waals surface area contributed by atoms with Crippen LogP contribution in [0.2, 0.25) is 5.02 Å². The predicted molar refractivity (Wildman–Crippen MR) is 95.0 cm³/mol. The third kappa shape index (κ3) is 3.44. The van der Waals surface area contributed by atoms with Gasteiger partial charge < -0.3 is 10.2 Å². The monoisotopic (exact) mass is 342 g/mol. The molecule has 0 spiro atoms. The Balaban J connectivity index is 1.61. The molecule has 24 heavy (non-hydrogen) atoms. The molecule has 4 nitrogen and oxygen atoms in total. The SMILES string of the molecule is CC1Cc2ccccc2N1C(=O)CC(=O)NCc1ccccc1Cl. The topological polar surface area (TPSA) is 49.4 Å². The number of benzene rings is 2. The third-order valence-corrected chi connectivity index (χ3v) is 4.59. The van der Waals surface area contributed by atoms with Crippen molar-refractivity contribution in [2.24, 2.45) is 0 Å². The van der Waals surface area contributed by atoms with Crippen LogP contribution < -0.4 is 10.2 Å². The molecule has 2 amide bonds. The average molecular weight is 343 g/mol. The molecule has 0 fully saturated rings. The number of anilines is 1. The van der Waals surface area contributed by atoms with Crippen LogP contribution in [0.3, 0.4) is 0 Å². The summed E-state index contributed by atoms with van der Waals surface area (Å²) < 4.78 is 0. The molecule has 0 aliphatic carbocycles. The van der Waals surface area contributed by atoms with Gasteiger partial charge in [-0.25, -0.2) is 0 Å². The molecular weight excluding hydrogens is 324 g/mol. The second kappa shape index (κ2) is 7.05. The summed E-state index contributed by atoms with van der Waals surface area (Å²) in [6.45, 7) is 2.32. The summed E-state index contributed by atoms with van der Waals surface area (Å²) in [5.74, 6) is -0.472. The summed E-state index contributed by atoms with van der Waals surface area (Å²) in [6.07, 6.45) is 0.659. The Kier molecular flexibility index (Phi) is 4.86. The number of halogens is 1. The van der Waals surface area contributed by atoms with Crippen molar-refractivity contribution in [3.05, 3.63) is 64.7 Å². The van der Waals surface area contributed by atoms with Crippen LogP contribution in [-0.2, 0) is 22.6 Å². The quantitative estimate of drug-likeness (QED) is 0.866. The van der Waals surface area contributed by atoms with Crippen molar-refractivity contribution in [1.82, 2.24) is 5.32 Å². The summed E-state index contributed by atoms with van der Waals surface area (Å²) in [5, 5.41) is 3.37. The number of para-hydroxylation sites is 1. The zero-order valence-electron chi connectivity index (χ0n) is 13.5. The van der Waals surface area contributed by atoms with E-state index in [1.54, 1.807) is 11.0 Å². The summed E-state index contributed by atoms with van der Waals surface area (Å²) in [4.78, 5) is 26.4. The lowest BCUT2D eigenvalue weighted by molar-refractivity contribution is -0.128. The first kappa shape index (κ1) is 16.5. The summed E-state index contributed by atoms with van der Waals surface area (Å²) in [5.41, 5.74) is 2.89. The normalized spacial score (nSPS) is 15.9. The Morgan fingerprint density at radius 1 is 1.17 bits per heavy atom. The lowest BCUT2D eigenvalue weighted by Gasteiger charge is -2.22. The van der Waals surface area contributed by atoms with E-state index in [4.69, 9.17) is 11.6 Å². The summed E-state index contributed by atoms with van der Waals surface area (Å²) >= 11 is 6.07. The minimum absolute atomic E-state index is 0.0752. The minimum Gasteiger partial charge on any atom is -0.352 e. The van der Waals surface area contributed by atoms with E-state index in [0.29, 0.717) is 11.6 Å². The molecule has 3 rings (SSSR count). The molecule has 1 aliphatic heterocycles. The highest BCUT2D eigenvalue weighted by molar-refractivity contribution is 6.31. The van der Waals surface area contributed by atoms with E-state index in [0.717, 1.165) is 23.2 Å². The minimum atomic E-state index is -0.295. The molecule has 0 bridgehead atoms. The molecular formula is C19H19ClN2O2. The second-order valence-corrected chi connectivity index (χ2v) is 6.40. The van der Waals surface area contributed by atoms with Crippen LogP contribution in [0.1, 0.15) is 24.5 Å². The van der Waals surface area contributed by atoms with Gasteiger partial charge in [0, 0.05) is 23.3 Å². The van der Waals surface area contributed by atoms with E-state index in [-0.39, 0.29) is 24.3 Å². The Hall–Kier alpha value is -2.33. The standard InChI is InChI=1S/C19H19ClN2O2/c1-13-10-14-6-3-5-9-17(14)22(13)19(24)11-18(23)21-12-15-7-2-4-8-16(15)20/h2-9,13H,10-12H2,1H3,(H,21,23). The highest BCUT2D eigenvalue weighted by Gasteiger charge is 2.31. The van der Waals surface area contributed by atoms with Gasteiger partial charge in [0.1, 0.15) is 6.42 Å². The lowest BCUT2D eigenvalue weighted by atomic mass is 10.1. The van der Waals surface area contributed by atoms with Crippen molar-refractivity contribution in [2.75, 3.05) is 4.90 Å². The molecule has 1 unspecified atom stereocenters. The van der Waals surface area contributed by atoms with Gasteiger partial charge in [0.15, 0.2) is 0 Å². The van der Waals surface area contributed by atoms with Gasteiger partial charge in [-0.05, 0) is 36.6 Å². The smallest absolute Gasteiger partial charge is 0.236 e. The number of hydrogen-bond acceptors (Lipinski definition) is 2. The average Bonchev–Trinajstić information content (AvgIpc) is 2.90. The van der Waals surface area contributed by atoms with E-state index >= 15 is 0 Å². The van der Waals surface area contributed by atoms with E-state index < -0.39 is 0 Å². The van der Waals surface area contributed by atoms with Gasteiger partial charge in [0.05, 0.1) is 0 Å². The van der Waals surface area contributed by atoms with Gasteiger partial charge in [-0.15, -0.1) is 0 Å². The van der Waals surface area contributed by atoms with E-state index in [1.165, 1.54) is 0 Å². The fraction of sp³-hybridized carbons (Fsp3) is 0.263. The van der Waals surface area contributed by atoms with Crippen molar-refractivity contribution in [1.29, 1.82) is 0 Å². The Morgan fingerprint density at radius 2 is 1.88 bits per heavy atom. The number of carbonyl (C=O) groups excluding carboxylic acids is 2. The lowest BCUT2D eigenvalue weighted by Crippen LogP contribution is -2.39. The van der Waals surface area contributed by atoms with Crippen molar-refractivity contribution < 1.29 is 9.59 Å². The van der Waals surface area contributed by atoms with Gasteiger partial charge in [-0.2, -0.15) is 0 Å². The summed E-state index contributed by atoms with van der Waals surface area (Å²) in [7, 11) is 0. The molecule has 0 radical (unpaired) electrons. The molecule has 0 aromatic heterocycles. The van der Waals surface area contributed by atoms with E-state index in [9.17, 15) is 9.59 Å². The Labute approximate surface area is 146 Å².